The van der Waals surface area contributed by atoms with Gasteiger partial charge in [-0.15, -0.1) is 11.8 Å². The molecule has 0 bridgehead atoms. The van der Waals surface area contributed by atoms with Gasteiger partial charge in [-0.25, -0.2) is 0 Å². The molecule has 0 aliphatic rings. The van der Waals surface area contributed by atoms with Crippen molar-refractivity contribution in [1.29, 1.82) is 0 Å². The minimum absolute atomic E-state index is 0.0238. The summed E-state index contributed by atoms with van der Waals surface area (Å²) in [6.07, 6.45) is 0.441. The Morgan fingerprint density at radius 2 is 1.38 bits per heavy atom. The van der Waals surface area contributed by atoms with E-state index in [-0.39, 0.29) is 11.9 Å². The molecule has 3 rings (SSSR count). The number of hydrogen-bond acceptors (Lipinski definition) is 4. The molecule has 0 aliphatic heterocycles. The average Bonchev–Trinajstić information content (AvgIpc) is 2.78. The van der Waals surface area contributed by atoms with Gasteiger partial charge in [-0.3, -0.25) is 4.79 Å². The van der Waals surface area contributed by atoms with Gasteiger partial charge in [0.25, 0.3) is 0 Å². The highest BCUT2D eigenvalue weighted by Crippen LogP contribution is 2.25. The lowest BCUT2D eigenvalue weighted by Crippen LogP contribution is -2.29. The van der Waals surface area contributed by atoms with Crippen LogP contribution in [0.5, 0.6) is 11.5 Å². The zero-order chi connectivity index (χ0) is 20.5. The van der Waals surface area contributed by atoms with Crippen LogP contribution in [0, 0.1) is 0 Å². The molecule has 0 aliphatic carbocycles. The van der Waals surface area contributed by atoms with Crippen molar-refractivity contribution in [2.45, 2.75) is 17.4 Å². The summed E-state index contributed by atoms with van der Waals surface area (Å²) in [7, 11) is 3.30. The fraction of sp³-hybridized carbons (Fsp3) is 0.208. The van der Waals surface area contributed by atoms with Crippen molar-refractivity contribution >= 4 is 17.7 Å². The van der Waals surface area contributed by atoms with Crippen molar-refractivity contribution in [3.8, 4) is 11.5 Å². The Labute approximate surface area is 176 Å². The highest BCUT2D eigenvalue weighted by molar-refractivity contribution is 7.99. The monoisotopic (exact) mass is 407 g/mol. The lowest BCUT2D eigenvalue weighted by Gasteiger charge is -2.20. The Morgan fingerprint density at radius 3 is 1.97 bits per heavy atom. The fourth-order valence-electron chi connectivity index (χ4n) is 2.97. The van der Waals surface area contributed by atoms with Crippen LogP contribution in [0.4, 0.5) is 0 Å². The van der Waals surface area contributed by atoms with Crippen LogP contribution in [0.25, 0.3) is 0 Å². The van der Waals surface area contributed by atoms with Crippen molar-refractivity contribution in [2.75, 3.05) is 20.0 Å². The van der Waals surface area contributed by atoms with Crippen LogP contribution in [-0.2, 0) is 4.79 Å². The maximum Gasteiger partial charge on any atom is 0.221 e. The van der Waals surface area contributed by atoms with Gasteiger partial charge in [-0.1, -0.05) is 42.5 Å². The second-order valence-electron chi connectivity index (χ2n) is 6.46. The summed E-state index contributed by atoms with van der Waals surface area (Å²) in [4.78, 5) is 13.8. The molecule has 0 aromatic heterocycles. The van der Waals surface area contributed by atoms with Gasteiger partial charge in [0.2, 0.25) is 5.91 Å². The molecule has 0 fully saturated rings. The van der Waals surface area contributed by atoms with E-state index in [0.29, 0.717) is 12.2 Å². The third kappa shape index (κ3) is 6.03. The molecule has 3 aromatic carbocycles. The smallest absolute Gasteiger partial charge is 0.221 e. The topological polar surface area (TPSA) is 47.6 Å². The van der Waals surface area contributed by atoms with Crippen LogP contribution in [0.1, 0.15) is 23.6 Å². The summed E-state index contributed by atoms with van der Waals surface area (Å²) in [6, 6.07) is 25.5. The predicted octanol–water partition coefficient (Wildman–Crippen LogP) is 5.09. The molecule has 0 radical (unpaired) electrons. The predicted molar refractivity (Wildman–Crippen MR) is 118 cm³/mol. The summed E-state index contributed by atoms with van der Waals surface area (Å²) in [5.41, 5.74) is 2.07. The van der Waals surface area contributed by atoms with Crippen molar-refractivity contribution in [1.82, 2.24) is 5.32 Å². The number of thioether (sulfide) groups is 1. The van der Waals surface area contributed by atoms with Gasteiger partial charge >= 0.3 is 0 Å². The van der Waals surface area contributed by atoms with Gasteiger partial charge in [0.1, 0.15) is 11.5 Å². The first-order valence-corrected chi connectivity index (χ1v) is 10.4. The number of ether oxygens (including phenoxy) is 2. The summed E-state index contributed by atoms with van der Waals surface area (Å²) in [5, 5.41) is 3.18. The van der Waals surface area contributed by atoms with Crippen LogP contribution in [0.3, 0.4) is 0 Å². The number of methoxy groups -OCH3 is 2. The average molecular weight is 408 g/mol. The van der Waals surface area contributed by atoms with E-state index in [2.05, 4.69) is 5.32 Å². The SMILES string of the molecule is COc1ccc(SCCC(=O)NC(c2ccccc2)c2ccc(OC)cc2)cc1. The highest BCUT2D eigenvalue weighted by Gasteiger charge is 2.16. The standard InChI is InChI=1S/C24H25NO3S/c1-27-20-10-8-19(9-11-20)24(18-6-4-3-5-7-18)25-23(26)16-17-29-22-14-12-21(28-2)13-15-22/h3-15,24H,16-17H2,1-2H3,(H,25,26). The number of rotatable bonds is 9. The van der Waals surface area contributed by atoms with Crippen molar-refractivity contribution in [3.05, 3.63) is 90.0 Å². The van der Waals surface area contributed by atoms with E-state index in [4.69, 9.17) is 9.47 Å². The Hall–Kier alpha value is -2.92. The number of nitrogens with one attached hydrogen (secondary N) is 1. The Morgan fingerprint density at radius 1 is 0.828 bits per heavy atom. The van der Waals surface area contributed by atoms with E-state index < -0.39 is 0 Å². The fourth-order valence-corrected chi connectivity index (χ4v) is 3.82. The number of carbonyl (C=O) groups is 1. The molecule has 3 aromatic rings. The van der Waals surface area contributed by atoms with Crippen molar-refractivity contribution < 1.29 is 14.3 Å². The van der Waals surface area contributed by atoms with E-state index in [0.717, 1.165) is 27.5 Å². The molecule has 0 heterocycles. The summed E-state index contributed by atoms with van der Waals surface area (Å²) in [5.74, 6) is 2.36. The molecule has 0 saturated carbocycles. The number of amides is 1. The number of hydrogen-bond donors (Lipinski definition) is 1. The van der Waals surface area contributed by atoms with E-state index in [1.807, 2.05) is 78.9 Å². The van der Waals surface area contributed by atoms with E-state index >= 15 is 0 Å². The number of benzene rings is 3. The van der Waals surface area contributed by atoms with E-state index in [1.54, 1.807) is 26.0 Å². The molecule has 1 atom stereocenters. The van der Waals surface area contributed by atoms with Crippen LogP contribution >= 0.6 is 11.8 Å². The van der Waals surface area contributed by atoms with Crippen LogP contribution in [0.2, 0.25) is 0 Å². The van der Waals surface area contributed by atoms with Gasteiger partial charge in [0, 0.05) is 17.1 Å². The van der Waals surface area contributed by atoms with Crippen molar-refractivity contribution in [2.24, 2.45) is 0 Å². The Bertz CT molecular complexity index is 896. The summed E-state index contributed by atoms with van der Waals surface area (Å²) >= 11 is 1.66. The lowest BCUT2D eigenvalue weighted by molar-refractivity contribution is -0.121. The first-order chi connectivity index (χ1) is 14.2. The molecular weight excluding hydrogens is 382 g/mol. The van der Waals surface area contributed by atoms with Gasteiger partial charge < -0.3 is 14.8 Å². The molecule has 4 nitrogen and oxygen atoms in total. The van der Waals surface area contributed by atoms with E-state index in [9.17, 15) is 4.79 Å². The minimum atomic E-state index is -0.194. The van der Waals surface area contributed by atoms with Gasteiger partial charge in [0.15, 0.2) is 0 Å². The quantitative estimate of drug-likeness (QED) is 0.502. The third-order valence-corrected chi connectivity index (χ3v) is 5.56. The molecule has 1 unspecified atom stereocenters. The largest absolute Gasteiger partial charge is 0.497 e. The molecule has 29 heavy (non-hydrogen) atoms. The number of carbonyl (C=O) groups excluding carboxylic acids is 1. The second-order valence-corrected chi connectivity index (χ2v) is 7.63. The maximum atomic E-state index is 12.6. The summed E-state index contributed by atoms with van der Waals surface area (Å²) < 4.78 is 10.4. The van der Waals surface area contributed by atoms with E-state index in [1.165, 1.54) is 0 Å². The third-order valence-electron chi connectivity index (χ3n) is 4.54. The molecule has 1 amide bonds. The maximum absolute atomic E-state index is 12.6. The zero-order valence-corrected chi connectivity index (χ0v) is 17.4. The van der Waals surface area contributed by atoms with Crippen molar-refractivity contribution in [3.63, 3.8) is 0 Å². The molecule has 0 saturated heterocycles. The van der Waals surface area contributed by atoms with Gasteiger partial charge in [-0.2, -0.15) is 0 Å². The normalized spacial score (nSPS) is 11.5. The molecular formula is C24H25NO3S. The summed E-state index contributed by atoms with van der Waals surface area (Å²) in [6.45, 7) is 0. The van der Waals surface area contributed by atoms with Gasteiger partial charge in [-0.05, 0) is 47.5 Å². The first-order valence-electron chi connectivity index (χ1n) is 9.44. The first kappa shape index (κ1) is 20.8. The molecule has 5 heteroatoms. The Kier molecular flexibility index (Phi) is 7.59. The highest BCUT2D eigenvalue weighted by atomic mass is 32.2. The Balaban J connectivity index is 1.62. The van der Waals surface area contributed by atoms with Crippen LogP contribution < -0.4 is 14.8 Å². The van der Waals surface area contributed by atoms with Crippen LogP contribution in [-0.4, -0.2) is 25.9 Å². The molecule has 0 spiro atoms. The lowest BCUT2D eigenvalue weighted by atomic mass is 9.98. The zero-order valence-electron chi connectivity index (χ0n) is 16.6. The molecule has 150 valence electrons. The second kappa shape index (κ2) is 10.6. The minimum Gasteiger partial charge on any atom is -0.497 e. The molecule has 1 N–H and O–H groups in total. The van der Waals surface area contributed by atoms with Gasteiger partial charge in [0.05, 0.1) is 20.3 Å². The van der Waals surface area contributed by atoms with Crippen LogP contribution in [0.15, 0.2) is 83.8 Å².